The summed E-state index contributed by atoms with van der Waals surface area (Å²) in [7, 11) is 0. The van der Waals surface area contributed by atoms with Crippen LogP contribution < -0.4 is 10.2 Å². The van der Waals surface area contributed by atoms with E-state index in [0.717, 1.165) is 24.8 Å². The van der Waals surface area contributed by atoms with Gasteiger partial charge in [0.1, 0.15) is 0 Å². The van der Waals surface area contributed by atoms with E-state index in [2.05, 4.69) is 11.4 Å². The van der Waals surface area contributed by atoms with Gasteiger partial charge in [-0.3, -0.25) is 19.3 Å². The molecule has 5 rings (SSSR count). The largest absolute Gasteiger partial charge is 0.346 e. The zero-order chi connectivity index (χ0) is 21.4. The van der Waals surface area contributed by atoms with Crippen LogP contribution in [-0.4, -0.2) is 34.3 Å². The molecule has 2 aromatic carbocycles. The second-order valence-electron chi connectivity index (χ2n) is 8.38. The van der Waals surface area contributed by atoms with Crippen molar-refractivity contribution in [3.63, 3.8) is 0 Å². The molecule has 1 fully saturated rings. The molecule has 3 amide bonds. The zero-order valence-electron chi connectivity index (χ0n) is 17.3. The molecule has 2 aliphatic heterocycles. The molecule has 0 radical (unpaired) electrons. The number of allylic oxidation sites excluding steroid dienone is 1. The quantitative estimate of drug-likeness (QED) is 0.779. The summed E-state index contributed by atoms with van der Waals surface area (Å²) in [6.45, 7) is 0.256. The SMILES string of the molecule is O=C1c2ccccc2N2C(=O)CC[C@]2(C(=O)N[C@@H]2C=CCCC2)N1Cc1ccccc1. The normalized spacial score (nSPS) is 24.7. The number of hydrogen-bond donors (Lipinski definition) is 1. The van der Waals surface area contributed by atoms with E-state index in [0.29, 0.717) is 11.3 Å². The van der Waals surface area contributed by atoms with Gasteiger partial charge in [0.05, 0.1) is 11.3 Å². The highest BCUT2D eigenvalue weighted by molar-refractivity contribution is 6.16. The first-order chi connectivity index (χ1) is 15.1. The molecule has 0 bridgehead atoms. The van der Waals surface area contributed by atoms with Gasteiger partial charge in [-0.1, -0.05) is 54.6 Å². The van der Waals surface area contributed by atoms with Gasteiger partial charge in [0.2, 0.25) is 11.6 Å². The van der Waals surface area contributed by atoms with Crippen molar-refractivity contribution in [3.05, 3.63) is 77.9 Å². The molecule has 0 saturated carbocycles. The highest BCUT2D eigenvalue weighted by atomic mass is 16.2. The van der Waals surface area contributed by atoms with Crippen LogP contribution in [0.25, 0.3) is 0 Å². The number of para-hydroxylation sites is 1. The Labute approximate surface area is 181 Å². The number of rotatable bonds is 4. The Morgan fingerprint density at radius 2 is 1.84 bits per heavy atom. The van der Waals surface area contributed by atoms with Crippen LogP contribution in [0.5, 0.6) is 0 Å². The van der Waals surface area contributed by atoms with Gasteiger partial charge in [0, 0.05) is 25.4 Å². The molecule has 1 aliphatic carbocycles. The van der Waals surface area contributed by atoms with Crippen molar-refractivity contribution in [1.29, 1.82) is 0 Å². The summed E-state index contributed by atoms with van der Waals surface area (Å²) in [4.78, 5) is 43.7. The van der Waals surface area contributed by atoms with Gasteiger partial charge >= 0.3 is 0 Å². The molecule has 6 nitrogen and oxygen atoms in total. The number of benzene rings is 2. The van der Waals surface area contributed by atoms with E-state index in [1.807, 2.05) is 36.4 Å². The maximum absolute atomic E-state index is 13.8. The summed E-state index contributed by atoms with van der Waals surface area (Å²) in [6, 6.07) is 16.6. The first-order valence-electron chi connectivity index (χ1n) is 10.9. The average Bonchev–Trinajstić information content (AvgIpc) is 3.16. The van der Waals surface area contributed by atoms with Crippen LogP contribution in [-0.2, 0) is 16.1 Å². The van der Waals surface area contributed by atoms with Crippen LogP contribution >= 0.6 is 0 Å². The molecule has 158 valence electrons. The van der Waals surface area contributed by atoms with Gasteiger partial charge in [-0.05, 0) is 37.0 Å². The molecule has 2 atom stereocenters. The molecule has 0 aromatic heterocycles. The highest BCUT2D eigenvalue weighted by Crippen LogP contribution is 2.45. The smallest absolute Gasteiger partial charge is 0.267 e. The molecule has 0 spiro atoms. The molecule has 31 heavy (non-hydrogen) atoms. The minimum atomic E-state index is -1.36. The molecule has 0 unspecified atom stereocenters. The number of carbonyl (C=O) groups is 3. The third kappa shape index (κ3) is 3.14. The van der Waals surface area contributed by atoms with Gasteiger partial charge in [-0.15, -0.1) is 0 Å². The Kier molecular flexibility index (Phi) is 4.85. The summed E-state index contributed by atoms with van der Waals surface area (Å²) < 4.78 is 0. The van der Waals surface area contributed by atoms with Crippen molar-refractivity contribution in [3.8, 4) is 0 Å². The third-order valence-corrected chi connectivity index (χ3v) is 6.49. The predicted molar refractivity (Wildman–Crippen MR) is 117 cm³/mol. The van der Waals surface area contributed by atoms with E-state index < -0.39 is 5.66 Å². The number of anilines is 1. The predicted octanol–water partition coefficient (Wildman–Crippen LogP) is 3.39. The minimum Gasteiger partial charge on any atom is -0.346 e. The van der Waals surface area contributed by atoms with Crippen molar-refractivity contribution in [1.82, 2.24) is 10.2 Å². The van der Waals surface area contributed by atoms with Crippen molar-refractivity contribution in [2.45, 2.75) is 50.4 Å². The summed E-state index contributed by atoms with van der Waals surface area (Å²) >= 11 is 0. The molecule has 1 saturated heterocycles. The number of nitrogens with one attached hydrogen (secondary N) is 1. The van der Waals surface area contributed by atoms with E-state index in [1.54, 1.807) is 34.1 Å². The van der Waals surface area contributed by atoms with Crippen molar-refractivity contribution in [2.24, 2.45) is 0 Å². The first kappa shape index (κ1) is 19.5. The lowest BCUT2D eigenvalue weighted by atomic mass is 9.93. The van der Waals surface area contributed by atoms with Crippen LogP contribution in [0.1, 0.15) is 48.0 Å². The summed E-state index contributed by atoms with van der Waals surface area (Å²) in [6.07, 6.45) is 7.46. The fourth-order valence-corrected chi connectivity index (χ4v) is 4.99. The number of amides is 3. The lowest BCUT2D eigenvalue weighted by molar-refractivity contribution is -0.134. The minimum absolute atomic E-state index is 0.0842. The maximum Gasteiger partial charge on any atom is 0.267 e. The van der Waals surface area contributed by atoms with Crippen molar-refractivity contribution >= 4 is 23.4 Å². The van der Waals surface area contributed by atoms with E-state index in [4.69, 9.17) is 0 Å². The van der Waals surface area contributed by atoms with E-state index in [1.165, 1.54) is 0 Å². The zero-order valence-corrected chi connectivity index (χ0v) is 17.3. The molecule has 2 heterocycles. The molecular formula is C25H25N3O3. The van der Waals surface area contributed by atoms with Gasteiger partial charge in [-0.2, -0.15) is 0 Å². The fraction of sp³-hybridized carbons (Fsp3) is 0.320. The van der Waals surface area contributed by atoms with Crippen LogP contribution in [0.4, 0.5) is 5.69 Å². The Bertz CT molecular complexity index is 1060. The Morgan fingerprint density at radius 1 is 1.06 bits per heavy atom. The van der Waals surface area contributed by atoms with Crippen molar-refractivity contribution in [2.75, 3.05) is 4.90 Å². The second kappa shape index (κ2) is 7.69. The van der Waals surface area contributed by atoms with Gasteiger partial charge < -0.3 is 10.2 Å². The first-order valence-corrected chi connectivity index (χ1v) is 10.9. The lowest BCUT2D eigenvalue weighted by Gasteiger charge is -2.49. The maximum atomic E-state index is 13.8. The number of fused-ring (bicyclic) bond motifs is 3. The molecular weight excluding hydrogens is 390 g/mol. The van der Waals surface area contributed by atoms with Gasteiger partial charge in [-0.25, -0.2) is 0 Å². The lowest BCUT2D eigenvalue weighted by Crippen LogP contribution is -2.70. The monoisotopic (exact) mass is 415 g/mol. The molecule has 2 aromatic rings. The van der Waals surface area contributed by atoms with Crippen LogP contribution in [0.2, 0.25) is 0 Å². The van der Waals surface area contributed by atoms with Gasteiger partial charge in [0.25, 0.3) is 11.8 Å². The molecule has 6 heteroatoms. The average molecular weight is 415 g/mol. The fourth-order valence-electron chi connectivity index (χ4n) is 4.99. The number of nitrogens with zero attached hydrogens (tertiary/aromatic N) is 2. The van der Waals surface area contributed by atoms with E-state index >= 15 is 0 Å². The van der Waals surface area contributed by atoms with Crippen molar-refractivity contribution < 1.29 is 14.4 Å². The Morgan fingerprint density at radius 3 is 2.61 bits per heavy atom. The van der Waals surface area contributed by atoms with E-state index in [9.17, 15) is 14.4 Å². The number of carbonyl (C=O) groups excluding carboxylic acids is 3. The summed E-state index contributed by atoms with van der Waals surface area (Å²) in [5.41, 5.74) is 0.534. The van der Waals surface area contributed by atoms with Crippen LogP contribution in [0, 0.1) is 0 Å². The Hall–Kier alpha value is -3.41. The highest BCUT2D eigenvalue weighted by Gasteiger charge is 2.60. The molecule has 3 aliphatic rings. The van der Waals surface area contributed by atoms with Gasteiger partial charge in [0.15, 0.2) is 0 Å². The third-order valence-electron chi connectivity index (χ3n) is 6.49. The number of hydrogen-bond acceptors (Lipinski definition) is 3. The summed E-state index contributed by atoms with van der Waals surface area (Å²) in [5, 5.41) is 3.12. The topological polar surface area (TPSA) is 69.7 Å². The summed E-state index contributed by atoms with van der Waals surface area (Å²) in [5.74, 6) is -0.638. The van der Waals surface area contributed by atoms with E-state index in [-0.39, 0.29) is 43.1 Å². The van der Waals surface area contributed by atoms with Crippen LogP contribution in [0.15, 0.2) is 66.7 Å². The standard InChI is InChI=1S/C25H25N3O3/c29-22-15-16-25(24(31)26-19-11-5-2-6-12-19)27(17-18-9-3-1-4-10-18)23(30)20-13-7-8-14-21(20)28(22)25/h1,3-5,7-11,13-14,19H,2,6,12,15-17H2,(H,26,31)/t19-,25+/m1/s1. The second-order valence-corrected chi connectivity index (χ2v) is 8.38. The molecule has 1 N–H and O–H groups in total. The Balaban J connectivity index is 1.62. The van der Waals surface area contributed by atoms with Crippen LogP contribution in [0.3, 0.4) is 0 Å².